The van der Waals surface area contributed by atoms with Crippen LogP contribution < -0.4 is 0 Å². The van der Waals surface area contributed by atoms with Gasteiger partial charge in [-0.2, -0.15) is 0 Å². The number of carbonyl (C=O) groups is 6. The lowest BCUT2D eigenvalue weighted by Crippen LogP contribution is -2.13. The molecule has 0 saturated heterocycles. The van der Waals surface area contributed by atoms with Gasteiger partial charge >= 0.3 is 35.8 Å². The van der Waals surface area contributed by atoms with Gasteiger partial charge in [0.05, 0.1) is 0 Å². The summed E-state index contributed by atoms with van der Waals surface area (Å²) in [5.41, 5.74) is 0. The van der Waals surface area contributed by atoms with Gasteiger partial charge in [-0.3, -0.25) is 28.8 Å². The highest BCUT2D eigenvalue weighted by molar-refractivity contribution is 5.86. The van der Waals surface area contributed by atoms with Crippen LogP contribution in [0.3, 0.4) is 0 Å². The second-order valence-corrected chi connectivity index (χ2v) is 6.10. The molecule has 28 heavy (non-hydrogen) atoms. The van der Waals surface area contributed by atoms with Gasteiger partial charge in [-0.15, -0.1) is 0 Å². The van der Waals surface area contributed by atoms with Crippen LogP contribution in [0.2, 0.25) is 0 Å². The lowest BCUT2D eigenvalue weighted by atomic mass is 10.1. The van der Waals surface area contributed by atoms with Crippen molar-refractivity contribution in [2.45, 2.75) is 77.0 Å². The van der Waals surface area contributed by atoms with E-state index in [9.17, 15) is 28.8 Å². The Bertz CT molecular complexity index is 517. The summed E-state index contributed by atoms with van der Waals surface area (Å²) in [5.74, 6) is -4.89. The minimum absolute atomic E-state index is 0.0389. The van der Waals surface area contributed by atoms with Crippen molar-refractivity contribution in [3.05, 3.63) is 0 Å². The van der Waals surface area contributed by atoms with Crippen molar-refractivity contribution < 1.29 is 48.5 Å². The van der Waals surface area contributed by atoms with E-state index in [2.05, 4.69) is 9.47 Å². The molecule has 0 aliphatic rings. The Morgan fingerprint density at radius 3 is 1.00 bits per heavy atom. The second-order valence-electron chi connectivity index (χ2n) is 6.10. The molecular formula is C18H26O10. The molecule has 10 heteroatoms. The number of esters is 4. The third-order valence-electron chi connectivity index (χ3n) is 3.51. The summed E-state index contributed by atoms with van der Waals surface area (Å²) in [5, 5.41) is 16.9. The molecule has 0 heterocycles. The van der Waals surface area contributed by atoms with Gasteiger partial charge in [0.2, 0.25) is 0 Å². The highest BCUT2D eigenvalue weighted by Gasteiger charge is 2.12. The van der Waals surface area contributed by atoms with Crippen molar-refractivity contribution in [1.82, 2.24) is 0 Å². The highest BCUT2D eigenvalue weighted by atomic mass is 16.6. The number of hydrogen-bond donors (Lipinski definition) is 2. The van der Waals surface area contributed by atoms with Crippen LogP contribution in [0.4, 0.5) is 0 Å². The standard InChI is InChI=1S/C18H26O10/c19-13(20)7-5-11-17(25)27-15(23)9-3-1-2-4-10-16(24)28-18(26)12-6-8-14(21)22/h1-12H2,(H,19,20)(H,21,22). The number of hydrogen-bond acceptors (Lipinski definition) is 8. The van der Waals surface area contributed by atoms with E-state index in [0.717, 1.165) is 0 Å². The smallest absolute Gasteiger partial charge is 0.313 e. The van der Waals surface area contributed by atoms with Gasteiger partial charge in [0, 0.05) is 38.5 Å². The molecule has 0 aromatic carbocycles. The Labute approximate surface area is 162 Å². The van der Waals surface area contributed by atoms with Crippen molar-refractivity contribution in [3.63, 3.8) is 0 Å². The maximum atomic E-state index is 11.4. The molecule has 0 aromatic heterocycles. The Morgan fingerprint density at radius 1 is 0.429 bits per heavy atom. The SMILES string of the molecule is O=C(O)CCCC(=O)OC(=O)CCCCCCC(=O)OC(=O)CCCC(=O)O. The number of carboxylic acids is 2. The van der Waals surface area contributed by atoms with E-state index in [1.54, 1.807) is 0 Å². The molecule has 2 N–H and O–H groups in total. The van der Waals surface area contributed by atoms with Crippen molar-refractivity contribution in [1.29, 1.82) is 0 Å². The molecule has 0 aliphatic carbocycles. The van der Waals surface area contributed by atoms with Crippen LogP contribution >= 0.6 is 0 Å². The molecule has 0 aliphatic heterocycles. The molecule has 0 bridgehead atoms. The zero-order chi connectivity index (χ0) is 21.4. The molecule has 0 radical (unpaired) electrons. The first-order valence-electron chi connectivity index (χ1n) is 9.11. The number of aliphatic carboxylic acids is 2. The monoisotopic (exact) mass is 402 g/mol. The fourth-order valence-electron chi connectivity index (χ4n) is 2.12. The van der Waals surface area contributed by atoms with E-state index >= 15 is 0 Å². The predicted molar refractivity (Wildman–Crippen MR) is 92.9 cm³/mol. The molecule has 0 atom stereocenters. The van der Waals surface area contributed by atoms with Crippen LogP contribution in [0, 0.1) is 0 Å². The molecule has 0 spiro atoms. The fraction of sp³-hybridized carbons (Fsp3) is 0.667. The van der Waals surface area contributed by atoms with Gasteiger partial charge in [-0.1, -0.05) is 12.8 Å². The highest BCUT2D eigenvalue weighted by Crippen LogP contribution is 2.08. The Morgan fingerprint density at radius 2 is 0.714 bits per heavy atom. The summed E-state index contributed by atoms with van der Waals surface area (Å²) < 4.78 is 9.10. The maximum Gasteiger partial charge on any atom is 0.313 e. The van der Waals surface area contributed by atoms with Gasteiger partial charge in [0.15, 0.2) is 0 Å². The van der Waals surface area contributed by atoms with E-state index in [-0.39, 0.29) is 51.4 Å². The number of ether oxygens (including phenoxy) is 2. The first kappa shape index (κ1) is 25.2. The molecule has 0 fully saturated rings. The number of unbranched alkanes of at least 4 members (excludes halogenated alkanes) is 3. The zero-order valence-corrected chi connectivity index (χ0v) is 15.6. The molecule has 158 valence electrons. The van der Waals surface area contributed by atoms with Gasteiger partial charge < -0.3 is 19.7 Å². The van der Waals surface area contributed by atoms with E-state index in [0.29, 0.717) is 25.7 Å². The average Bonchev–Trinajstić information content (AvgIpc) is 2.57. The van der Waals surface area contributed by atoms with Gasteiger partial charge in [0.1, 0.15) is 0 Å². The van der Waals surface area contributed by atoms with Crippen LogP contribution in [0.5, 0.6) is 0 Å². The van der Waals surface area contributed by atoms with Crippen LogP contribution in [-0.4, -0.2) is 46.0 Å². The van der Waals surface area contributed by atoms with Crippen molar-refractivity contribution in [2.24, 2.45) is 0 Å². The Balaban J connectivity index is 3.64. The summed E-state index contributed by atoms with van der Waals surface area (Å²) in [7, 11) is 0. The molecule has 0 saturated carbocycles. The molecule has 0 rings (SSSR count). The van der Waals surface area contributed by atoms with E-state index < -0.39 is 35.8 Å². The summed E-state index contributed by atoms with van der Waals surface area (Å²) in [6.45, 7) is 0. The number of rotatable bonds is 15. The van der Waals surface area contributed by atoms with Gasteiger partial charge in [-0.05, 0) is 25.7 Å². The molecule has 10 nitrogen and oxygen atoms in total. The third kappa shape index (κ3) is 16.7. The van der Waals surface area contributed by atoms with Crippen LogP contribution in [0.25, 0.3) is 0 Å². The average molecular weight is 402 g/mol. The normalized spacial score (nSPS) is 10.1. The predicted octanol–water partition coefficient (Wildman–Crippen LogP) is 1.98. The zero-order valence-electron chi connectivity index (χ0n) is 15.6. The Hall–Kier alpha value is -2.78. The minimum atomic E-state index is -1.02. The lowest BCUT2D eigenvalue weighted by Gasteiger charge is -2.04. The van der Waals surface area contributed by atoms with E-state index in [1.807, 2.05) is 0 Å². The minimum Gasteiger partial charge on any atom is -0.481 e. The van der Waals surface area contributed by atoms with E-state index in [1.165, 1.54) is 0 Å². The number of carboxylic acid groups (broad SMARTS) is 2. The summed E-state index contributed by atoms with van der Waals surface area (Å²) in [6.07, 6.45) is 1.86. The van der Waals surface area contributed by atoms with Crippen LogP contribution in [0.15, 0.2) is 0 Å². The van der Waals surface area contributed by atoms with Gasteiger partial charge in [0.25, 0.3) is 0 Å². The summed E-state index contributed by atoms with van der Waals surface area (Å²) in [4.78, 5) is 66.1. The van der Waals surface area contributed by atoms with E-state index in [4.69, 9.17) is 10.2 Å². The van der Waals surface area contributed by atoms with Crippen LogP contribution in [0.1, 0.15) is 77.0 Å². The summed E-state index contributed by atoms with van der Waals surface area (Å²) in [6, 6.07) is 0. The summed E-state index contributed by atoms with van der Waals surface area (Å²) >= 11 is 0. The Kier molecular flexibility index (Phi) is 13.8. The van der Waals surface area contributed by atoms with Crippen molar-refractivity contribution in [2.75, 3.05) is 0 Å². The largest absolute Gasteiger partial charge is 0.481 e. The second kappa shape index (κ2) is 15.3. The lowest BCUT2D eigenvalue weighted by molar-refractivity contribution is -0.161. The van der Waals surface area contributed by atoms with Gasteiger partial charge in [-0.25, -0.2) is 0 Å². The molecule has 0 amide bonds. The quantitative estimate of drug-likeness (QED) is 0.235. The van der Waals surface area contributed by atoms with Crippen LogP contribution in [-0.2, 0) is 38.2 Å². The number of carbonyl (C=O) groups excluding carboxylic acids is 4. The van der Waals surface area contributed by atoms with Crippen molar-refractivity contribution in [3.8, 4) is 0 Å². The van der Waals surface area contributed by atoms with Crippen molar-refractivity contribution >= 4 is 35.8 Å². The molecular weight excluding hydrogens is 376 g/mol. The first-order valence-corrected chi connectivity index (χ1v) is 9.11. The topological polar surface area (TPSA) is 161 Å². The maximum absolute atomic E-state index is 11.4. The molecule has 0 aromatic rings. The first-order chi connectivity index (χ1) is 13.2. The fourth-order valence-corrected chi connectivity index (χ4v) is 2.12. The third-order valence-corrected chi connectivity index (χ3v) is 3.51. The molecule has 0 unspecified atom stereocenters.